The molecule has 9 aromatic rings. The lowest BCUT2D eigenvalue weighted by molar-refractivity contribution is 0.415. The molecule has 0 N–H and O–H groups in total. The number of methoxy groups -OCH3 is 1. The van der Waals surface area contributed by atoms with Gasteiger partial charge in [-0.2, -0.15) is 0 Å². The number of anilines is 3. The van der Waals surface area contributed by atoms with Gasteiger partial charge in [-0.15, -0.1) is 0 Å². The van der Waals surface area contributed by atoms with Crippen LogP contribution in [0.25, 0.3) is 49.7 Å². The fourth-order valence-corrected chi connectivity index (χ4v) is 9.36. The van der Waals surface area contributed by atoms with Crippen LogP contribution < -0.4 is 9.64 Å². The largest absolute Gasteiger partial charge is 0.497 e. The van der Waals surface area contributed by atoms with Gasteiger partial charge >= 0.3 is 0 Å². The average molecular weight is 679 g/mol. The molecular formula is C50H34N2O. The molecule has 0 saturated heterocycles. The number of fused-ring (bicyclic) bond motifs is 13. The van der Waals surface area contributed by atoms with Crippen LogP contribution in [-0.2, 0) is 5.41 Å². The van der Waals surface area contributed by atoms with E-state index in [9.17, 15) is 0 Å². The van der Waals surface area contributed by atoms with E-state index in [0.29, 0.717) is 0 Å². The molecule has 1 aromatic heterocycles. The van der Waals surface area contributed by atoms with Gasteiger partial charge in [0, 0.05) is 33.5 Å². The third-order valence-corrected chi connectivity index (χ3v) is 11.5. The summed E-state index contributed by atoms with van der Waals surface area (Å²) in [6.07, 6.45) is 0. The smallest absolute Gasteiger partial charge is 0.119 e. The molecule has 3 nitrogen and oxygen atoms in total. The monoisotopic (exact) mass is 678 g/mol. The van der Waals surface area contributed by atoms with Crippen molar-refractivity contribution >= 4 is 38.9 Å². The molecule has 1 heterocycles. The third kappa shape index (κ3) is 4.10. The molecule has 0 unspecified atom stereocenters. The average Bonchev–Trinajstić information content (AvgIpc) is 3.83. The van der Waals surface area contributed by atoms with Crippen LogP contribution in [0.2, 0.25) is 0 Å². The molecular weight excluding hydrogens is 645 g/mol. The van der Waals surface area contributed by atoms with Gasteiger partial charge in [0.25, 0.3) is 0 Å². The summed E-state index contributed by atoms with van der Waals surface area (Å²) < 4.78 is 8.10. The molecule has 250 valence electrons. The van der Waals surface area contributed by atoms with E-state index in [1.54, 1.807) is 7.11 Å². The van der Waals surface area contributed by atoms with Crippen molar-refractivity contribution in [3.05, 3.63) is 210 Å². The highest BCUT2D eigenvalue weighted by atomic mass is 16.5. The number of hydrogen-bond acceptors (Lipinski definition) is 2. The van der Waals surface area contributed by atoms with Gasteiger partial charge in [-0.1, -0.05) is 115 Å². The first-order valence-electron chi connectivity index (χ1n) is 18.2. The van der Waals surface area contributed by atoms with Gasteiger partial charge in [0.05, 0.1) is 23.6 Å². The fourth-order valence-electron chi connectivity index (χ4n) is 9.36. The Bertz CT molecular complexity index is 2820. The molecule has 11 rings (SSSR count). The predicted octanol–water partition coefficient (Wildman–Crippen LogP) is 12.6. The van der Waals surface area contributed by atoms with Crippen LogP contribution >= 0.6 is 0 Å². The molecule has 1 spiro atoms. The van der Waals surface area contributed by atoms with E-state index in [1.807, 2.05) is 0 Å². The highest BCUT2D eigenvalue weighted by Gasteiger charge is 2.51. The maximum atomic E-state index is 5.75. The molecule has 0 bridgehead atoms. The van der Waals surface area contributed by atoms with Crippen molar-refractivity contribution in [3.63, 3.8) is 0 Å². The van der Waals surface area contributed by atoms with E-state index in [1.165, 1.54) is 49.9 Å². The van der Waals surface area contributed by atoms with Gasteiger partial charge in [0.15, 0.2) is 0 Å². The standard InChI is InChI=1S/C50H34N2O/c1-53-37-26-29-49-43(32-37)42-30-35(25-28-48(42)52(49)34-16-6-3-7-17-34)51(33-14-4-2-5-15-33)36-24-27-41-40-20-10-13-23-46(40)50(47(41)31-36)44-21-11-8-18-38(44)39-19-9-12-22-45(39)50/h2-32H,1H3. The number of hydrogen-bond donors (Lipinski definition) is 0. The zero-order valence-corrected chi connectivity index (χ0v) is 29.2. The van der Waals surface area contributed by atoms with Crippen molar-refractivity contribution in [1.82, 2.24) is 4.57 Å². The van der Waals surface area contributed by atoms with Crippen LogP contribution in [0.5, 0.6) is 5.75 Å². The summed E-state index contributed by atoms with van der Waals surface area (Å²) in [6, 6.07) is 68.8. The quantitative estimate of drug-likeness (QED) is 0.180. The van der Waals surface area contributed by atoms with Crippen LogP contribution in [0, 0.1) is 0 Å². The molecule has 0 radical (unpaired) electrons. The molecule has 53 heavy (non-hydrogen) atoms. The summed E-state index contributed by atoms with van der Waals surface area (Å²) in [7, 11) is 1.74. The Morgan fingerprint density at radius 1 is 0.415 bits per heavy atom. The van der Waals surface area contributed by atoms with Crippen LogP contribution in [0.4, 0.5) is 17.1 Å². The Balaban J connectivity index is 1.18. The summed E-state index contributed by atoms with van der Waals surface area (Å²) in [5.74, 6) is 0.843. The molecule has 3 heteroatoms. The van der Waals surface area contributed by atoms with Crippen molar-refractivity contribution in [2.45, 2.75) is 5.41 Å². The van der Waals surface area contributed by atoms with Gasteiger partial charge in [-0.05, 0) is 117 Å². The van der Waals surface area contributed by atoms with Crippen LogP contribution in [0.1, 0.15) is 22.3 Å². The number of nitrogens with zero attached hydrogens (tertiary/aromatic N) is 2. The number of ether oxygens (including phenoxy) is 1. The van der Waals surface area contributed by atoms with Crippen LogP contribution in [-0.4, -0.2) is 11.7 Å². The summed E-state index contributed by atoms with van der Waals surface area (Å²) >= 11 is 0. The van der Waals surface area contributed by atoms with Crippen LogP contribution in [0.15, 0.2) is 188 Å². The molecule has 2 aliphatic carbocycles. The van der Waals surface area contributed by atoms with Gasteiger partial charge in [-0.3, -0.25) is 0 Å². The minimum absolute atomic E-state index is 0.416. The molecule has 8 aromatic carbocycles. The molecule has 0 saturated carbocycles. The second kappa shape index (κ2) is 11.3. The van der Waals surface area contributed by atoms with Crippen molar-refractivity contribution in [3.8, 4) is 33.7 Å². The highest BCUT2D eigenvalue weighted by Crippen LogP contribution is 2.63. The fraction of sp³-hybridized carbons (Fsp3) is 0.0400. The maximum absolute atomic E-state index is 5.75. The second-order valence-corrected chi connectivity index (χ2v) is 14.0. The van der Waals surface area contributed by atoms with E-state index in [-0.39, 0.29) is 0 Å². The Labute approximate surface area is 308 Å². The summed E-state index contributed by atoms with van der Waals surface area (Å²) in [5.41, 5.74) is 16.9. The molecule has 0 atom stereocenters. The van der Waals surface area contributed by atoms with Crippen molar-refractivity contribution in [1.29, 1.82) is 0 Å². The SMILES string of the molecule is COc1ccc2c(c1)c1cc(N(c3ccccc3)c3ccc4c(c3)C3(c5ccccc5-c5ccccc53)c3ccccc3-4)ccc1n2-c1ccccc1. The lowest BCUT2D eigenvalue weighted by atomic mass is 9.70. The zero-order valence-electron chi connectivity index (χ0n) is 29.2. The summed E-state index contributed by atoms with van der Waals surface area (Å²) in [5, 5.41) is 2.32. The first-order valence-corrected chi connectivity index (χ1v) is 18.2. The number of benzene rings is 8. The normalized spacial score (nSPS) is 13.2. The Morgan fingerprint density at radius 3 is 1.53 bits per heavy atom. The highest BCUT2D eigenvalue weighted by molar-refractivity contribution is 6.11. The number of para-hydroxylation sites is 2. The molecule has 0 aliphatic heterocycles. The van der Waals surface area contributed by atoms with Crippen molar-refractivity contribution in [2.75, 3.05) is 12.0 Å². The number of aromatic nitrogens is 1. The first-order chi connectivity index (χ1) is 26.3. The van der Waals surface area contributed by atoms with E-state index < -0.39 is 5.41 Å². The van der Waals surface area contributed by atoms with E-state index >= 15 is 0 Å². The van der Waals surface area contributed by atoms with Gasteiger partial charge in [0.2, 0.25) is 0 Å². The lowest BCUT2D eigenvalue weighted by Gasteiger charge is -2.32. The van der Waals surface area contributed by atoms with E-state index in [4.69, 9.17) is 4.74 Å². The van der Waals surface area contributed by atoms with Crippen molar-refractivity contribution in [2.24, 2.45) is 0 Å². The Morgan fingerprint density at radius 2 is 0.906 bits per heavy atom. The zero-order chi connectivity index (χ0) is 35.1. The predicted molar refractivity (Wildman–Crippen MR) is 218 cm³/mol. The van der Waals surface area contributed by atoms with Crippen LogP contribution in [0.3, 0.4) is 0 Å². The van der Waals surface area contributed by atoms with E-state index in [2.05, 4.69) is 198 Å². The molecule has 0 fully saturated rings. The summed E-state index contributed by atoms with van der Waals surface area (Å²) in [6.45, 7) is 0. The lowest BCUT2D eigenvalue weighted by Crippen LogP contribution is -2.26. The number of rotatable bonds is 5. The summed E-state index contributed by atoms with van der Waals surface area (Å²) in [4.78, 5) is 2.41. The third-order valence-electron chi connectivity index (χ3n) is 11.5. The molecule has 2 aliphatic rings. The van der Waals surface area contributed by atoms with Gasteiger partial charge in [0.1, 0.15) is 5.75 Å². The van der Waals surface area contributed by atoms with Gasteiger partial charge in [-0.25, -0.2) is 0 Å². The minimum atomic E-state index is -0.416. The first kappa shape index (κ1) is 29.8. The maximum Gasteiger partial charge on any atom is 0.119 e. The molecule has 0 amide bonds. The van der Waals surface area contributed by atoms with E-state index in [0.717, 1.165) is 44.9 Å². The van der Waals surface area contributed by atoms with Crippen molar-refractivity contribution < 1.29 is 4.74 Å². The Hall–Kier alpha value is -6.84. The second-order valence-electron chi connectivity index (χ2n) is 14.0. The Kier molecular flexibility index (Phi) is 6.38. The topological polar surface area (TPSA) is 17.4 Å². The minimum Gasteiger partial charge on any atom is -0.497 e. The van der Waals surface area contributed by atoms with Gasteiger partial charge < -0.3 is 14.2 Å².